The van der Waals surface area contributed by atoms with E-state index < -0.39 is 5.66 Å². The molecule has 9 nitrogen and oxygen atoms in total. The van der Waals surface area contributed by atoms with Crippen molar-refractivity contribution in [2.45, 2.75) is 104 Å². The Morgan fingerprint density at radius 3 is 2.37 bits per heavy atom. The van der Waals surface area contributed by atoms with Gasteiger partial charge in [0.1, 0.15) is 11.4 Å². The highest BCUT2D eigenvalue weighted by Gasteiger charge is 2.53. The molecule has 1 aromatic carbocycles. The number of carbonyl (C=O) groups is 2. The first-order valence-corrected chi connectivity index (χ1v) is 17.1. The number of rotatable bonds is 10. The molecule has 9 heteroatoms. The average Bonchev–Trinajstić information content (AvgIpc) is 3.87. The Labute approximate surface area is 274 Å². The highest BCUT2D eigenvalue weighted by molar-refractivity contribution is 6.46. The number of hydrogen-bond donors (Lipinski definition) is 4. The number of hydrogen-bond acceptors (Lipinski definition) is 6. The lowest BCUT2D eigenvalue weighted by molar-refractivity contribution is -0.134. The Kier molecular flexibility index (Phi) is 10.2. The maximum atomic E-state index is 14.7. The second-order valence-electron chi connectivity index (χ2n) is 15.0. The molecule has 1 aromatic rings. The van der Waals surface area contributed by atoms with Gasteiger partial charge in [0, 0.05) is 23.1 Å². The molecule has 6 N–H and O–H groups in total. The van der Waals surface area contributed by atoms with Crippen LogP contribution in [0.4, 0.5) is 0 Å². The third-order valence-electron chi connectivity index (χ3n) is 10.4. The molecule has 4 aliphatic rings. The van der Waals surface area contributed by atoms with Crippen LogP contribution in [-0.2, 0) is 9.59 Å². The van der Waals surface area contributed by atoms with Gasteiger partial charge in [0.05, 0.1) is 6.54 Å². The van der Waals surface area contributed by atoms with E-state index in [0.717, 1.165) is 44.1 Å². The van der Waals surface area contributed by atoms with Gasteiger partial charge in [-0.2, -0.15) is 5.10 Å². The number of hydrazone groups is 1. The minimum Gasteiger partial charge on any atom is -0.345 e. The van der Waals surface area contributed by atoms with Crippen LogP contribution < -0.4 is 22.4 Å². The topological polar surface area (TPSA) is 138 Å². The second-order valence-corrected chi connectivity index (χ2v) is 15.0. The molecule has 2 amide bonds. The maximum Gasteiger partial charge on any atom is 0.274 e. The van der Waals surface area contributed by atoms with Gasteiger partial charge < -0.3 is 21.5 Å². The number of aliphatic imine (C=N–C) groups is 1. The SMILES string of the molecule is CC(C)CCC(C1C=CC=C(C(=O)NC/C(=N/N)NN)C=C1)N1C(=O)C(c2ccc(C3CC3)cc2)=NC12CCC(C(C)(C)C)CC2. The molecule has 2 saturated carbocycles. The van der Waals surface area contributed by atoms with Gasteiger partial charge in [0.25, 0.3) is 11.8 Å². The Morgan fingerprint density at radius 1 is 1.09 bits per heavy atom. The van der Waals surface area contributed by atoms with Crippen LogP contribution in [0.2, 0.25) is 0 Å². The third kappa shape index (κ3) is 7.46. The lowest BCUT2D eigenvalue weighted by Crippen LogP contribution is -2.56. The summed E-state index contributed by atoms with van der Waals surface area (Å²) in [7, 11) is 0. The summed E-state index contributed by atoms with van der Waals surface area (Å²) in [5, 5.41) is 6.33. The summed E-state index contributed by atoms with van der Waals surface area (Å²) in [4.78, 5) is 35.3. The Morgan fingerprint density at radius 2 is 1.78 bits per heavy atom. The fourth-order valence-corrected chi connectivity index (χ4v) is 7.32. The van der Waals surface area contributed by atoms with Crippen molar-refractivity contribution in [2.75, 3.05) is 6.54 Å². The monoisotopic (exact) mass is 627 g/mol. The van der Waals surface area contributed by atoms with Crippen molar-refractivity contribution in [3.05, 3.63) is 71.3 Å². The van der Waals surface area contributed by atoms with Gasteiger partial charge in [-0.25, -0.2) is 5.84 Å². The molecule has 3 aliphatic carbocycles. The number of nitrogens with zero attached hydrogens (tertiary/aromatic N) is 3. The van der Waals surface area contributed by atoms with Crippen molar-refractivity contribution in [3.8, 4) is 0 Å². The lowest BCUT2D eigenvalue weighted by Gasteiger charge is -2.48. The summed E-state index contributed by atoms with van der Waals surface area (Å²) in [6.45, 7) is 11.5. The first-order valence-electron chi connectivity index (χ1n) is 17.1. The Balaban J connectivity index is 1.46. The van der Waals surface area contributed by atoms with E-state index >= 15 is 0 Å². The highest BCUT2D eigenvalue weighted by Crippen LogP contribution is 2.49. The van der Waals surface area contributed by atoms with Gasteiger partial charge in [-0.3, -0.25) is 14.6 Å². The minimum atomic E-state index is -0.570. The predicted molar refractivity (Wildman–Crippen MR) is 186 cm³/mol. The normalized spacial score (nSPS) is 25.8. The van der Waals surface area contributed by atoms with Crippen molar-refractivity contribution in [3.63, 3.8) is 0 Å². The van der Waals surface area contributed by atoms with E-state index in [1.807, 2.05) is 12.2 Å². The Bertz CT molecular complexity index is 1420. The number of carbonyl (C=O) groups excluding carboxylic acids is 2. The molecule has 1 heterocycles. The van der Waals surface area contributed by atoms with Crippen LogP contribution in [0.3, 0.4) is 0 Å². The lowest BCUT2D eigenvalue weighted by atomic mass is 9.69. The van der Waals surface area contributed by atoms with Crippen LogP contribution in [0.1, 0.15) is 103 Å². The number of amides is 2. The molecule has 0 saturated heterocycles. The summed E-state index contributed by atoms with van der Waals surface area (Å²) in [6, 6.07) is 8.48. The highest BCUT2D eigenvalue weighted by atomic mass is 16.2. The zero-order valence-corrected chi connectivity index (χ0v) is 28.3. The van der Waals surface area contributed by atoms with Crippen LogP contribution in [0, 0.1) is 23.2 Å². The summed E-state index contributed by atoms with van der Waals surface area (Å²) in [6.07, 6.45) is 17.9. The van der Waals surface area contributed by atoms with E-state index in [1.54, 1.807) is 6.08 Å². The molecule has 0 aromatic heterocycles. The molecule has 46 heavy (non-hydrogen) atoms. The fraction of sp³-hybridized carbons (Fsp3) is 0.568. The molecular weight excluding hydrogens is 574 g/mol. The first-order chi connectivity index (χ1) is 22.0. The van der Waals surface area contributed by atoms with E-state index in [-0.39, 0.29) is 41.6 Å². The van der Waals surface area contributed by atoms with Gasteiger partial charge in [0.2, 0.25) is 0 Å². The van der Waals surface area contributed by atoms with Crippen molar-refractivity contribution >= 4 is 23.4 Å². The molecular formula is C37H53N7O2. The number of nitrogens with two attached hydrogens (primary N) is 2. The van der Waals surface area contributed by atoms with E-state index in [2.05, 4.69) is 91.8 Å². The van der Waals surface area contributed by atoms with E-state index in [4.69, 9.17) is 16.7 Å². The zero-order valence-electron chi connectivity index (χ0n) is 28.3. The minimum absolute atomic E-state index is 0.0296. The van der Waals surface area contributed by atoms with Crippen molar-refractivity contribution in [1.29, 1.82) is 0 Å². The number of amidine groups is 1. The van der Waals surface area contributed by atoms with E-state index in [0.29, 0.717) is 29.0 Å². The molecule has 0 radical (unpaired) electrons. The smallest absolute Gasteiger partial charge is 0.274 e. The van der Waals surface area contributed by atoms with E-state index in [1.165, 1.54) is 18.4 Å². The third-order valence-corrected chi connectivity index (χ3v) is 10.4. The average molecular weight is 628 g/mol. The van der Waals surface area contributed by atoms with Crippen molar-refractivity contribution in [1.82, 2.24) is 15.6 Å². The molecule has 5 rings (SSSR count). The fourth-order valence-electron chi connectivity index (χ4n) is 7.32. The zero-order chi connectivity index (χ0) is 33.1. The Hall–Kier alpha value is -3.72. The first kappa shape index (κ1) is 33.6. The number of nitrogens with one attached hydrogen (secondary N) is 2. The number of hydrazine groups is 1. The molecule has 1 aliphatic heterocycles. The van der Waals surface area contributed by atoms with E-state index in [9.17, 15) is 9.59 Å². The van der Waals surface area contributed by atoms with Gasteiger partial charge in [-0.1, -0.05) is 83.2 Å². The number of allylic oxidation sites excluding steroid dienone is 2. The van der Waals surface area contributed by atoms with Crippen LogP contribution in [0.25, 0.3) is 0 Å². The summed E-state index contributed by atoms with van der Waals surface area (Å²) in [5.41, 5.74) is 5.39. The molecule has 2 unspecified atom stereocenters. The van der Waals surface area contributed by atoms with Gasteiger partial charge in [-0.15, -0.1) is 0 Å². The van der Waals surface area contributed by atoms with Crippen LogP contribution in [0.5, 0.6) is 0 Å². The van der Waals surface area contributed by atoms with Gasteiger partial charge in [-0.05, 0) is 86.2 Å². The summed E-state index contributed by atoms with van der Waals surface area (Å²) >= 11 is 0. The van der Waals surface area contributed by atoms with Crippen molar-refractivity contribution < 1.29 is 9.59 Å². The van der Waals surface area contributed by atoms with Crippen LogP contribution in [0.15, 0.2) is 70.3 Å². The van der Waals surface area contributed by atoms with Gasteiger partial charge >= 0.3 is 0 Å². The van der Waals surface area contributed by atoms with Crippen molar-refractivity contribution in [2.24, 2.45) is 44.9 Å². The summed E-state index contributed by atoms with van der Waals surface area (Å²) < 4.78 is 0. The quantitative estimate of drug-likeness (QED) is 0.118. The van der Waals surface area contributed by atoms with Crippen LogP contribution >= 0.6 is 0 Å². The number of benzene rings is 1. The molecule has 248 valence electrons. The molecule has 2 atom stereocenters. The predicted octanol–water partition coefficient (Wildman–Crippen LogP) is 5.45. The second kappa shape index (κ2) is 14.0. The van der Waals surface area contributed by atoms with Crippen LogP contribution in [-0.4, -0.2) is 46.5 Å². The standard InChI is InChI=1S/C37H53N7O2/c1-24(2)9-18-31(27-7-6-8-29(17-14-27)34(45)40-23-32(42-38)43-39)44-35(46)33(28-15-12-26(13-16-28)25-10-11-25)41-37(44)21-19-30(20-22-37)36(3,4)5/h6-8,12-17,24-25,27,30-31H,9-11,18-23,38-39H2,1-5H3,(H,40,45)(H,42,43). The molecule has 1 spiro atoms. The maximum absolute atomic E-state index is 14.7. The largest absolute Gasteiger partial charge is 0.345 e. The summed E-state index contributed by atoms with van der Waals surface area (Å²) in [5.74, 6) is 12.4. The van der Waals surface area contributed by atoms with Gasteiger partial charge in [0.15, 0.2) is 5.84 Å². The molecule has 2 fully saturated rings. The molecule has 0 bridgehead atoms.